The van der Waals surface area contributed by atoms with Crippen LogP contribution >= 0.6 is 0 Å². The average Bonchev–Trinajstić information content (AvgIpc) is 2.20. The number of hydrogen-bond donors (Lipinski definition) is 2. The molecule has 4 nitrogen and oxygen atoms in total. The Morgan fingerprint density at radius 2 is 1.47 bits per heavy atom. The Labute approximate surface area is 90.1 Å². The highest BCUT2D eigenvalue weighted by Gasteiger charge is 2.03. The van der Waals surface area contributed by atoms with Gasteiger partial charge in [-0.25, -0.2) is 0 Å². The molecule has 1 aromatic carbocycles. The molecule has 0 radical (unpaired) electrons. The van der Waals surface area contributed by atoms with Gasteiger partial charge in [0.1, 0.15) is 0 Å². The molecule has 0 saturated heterocycles. The minimum atomic E-state index is 0. The van der Waals surface area contributed by atoms with E-state index in [4.69, 9.17) is 10.2 Å². The molecule has 0 aliphatic carbocycles. The zero-order valence-corrected chi connectivity index (χ0v) is 8.76. The zero-order valence-electron chi connectivity index (χ0n) is 8.76. The molecule has 0 bridgehead atoms. The molecular weight excluding hydrogens is 194 g/mol. The first kappa shape index (κ1) is 14.1. The number of benzene rings is 1. The van der Waals surface area contributed by atoms with Crippen LogP contribution < -0.4 is 0 Å². The van der Waals surface area contributed by atoms with Crippen LogP contribution in [-0.2, 0) is 6.54 Å². The van der Waals surface area contributed by atoms with Gasteiger partial charge >= 0.3 is 0 Å². The number of aliphatic hydroxyl groups is 2. The van der Waals surface area contributed by atoms with Crippen molar-refractivity contribution >= 4 is 0 Å². The van der Waals surface area contributed by atoms with Crippen LogP contribution in [0.3, 0.4) is 0 Å². The summed E-state index contributed by atoms with van der Waals surface area (Å²) < 4.78 is 0. The molecular formula is C11H19NO3. The minimum Gasteiger partial charge on any atom is -0.412 e. The van der Waals surface area contributed by atoms with Gasteiger partial charge in [0.05, 0.1) is 13.2 Å². The molecule has 15 heavy (non-hydrogen) atoms. The molecule has 4 N–H and O–H groups in total. The van der Waals surface area contributed by atoms with Crippen molar-refractivity contribution in [1.82, 2.24) is 4.90 Å². The summed E-state index contributed by atoms with van der Waals surface area (Å²) >= 11 is 0. The number of nitrogens with zero attached hydrogens (tertiary/aromatic N) is 1. The molecule has 0 aliphatic heterocycles. The van der Waals surface area contributed by atoms with E-state index in [0.717, 1.165) is 6.54 Å². The first-order chi connectivity index (χ1) is 6.86. The fourth-order valence-corrected chi connectivity index (χ4v) is 1.39. The molecule has 1 rings (SSSR count). The SMILES string of the molecule is O.OCCN(CCO)Cc1ccccc1. The fraction of sp³-hybridized carbons (Fsp3) is 0.455. The Kier molecular flexibility index (Phi) is 7.85. The lowest BCUT2D eigenvalue weighted by Crippen LogP contribution is -2.29. The molecule has 4 heteroatoms. The lowest BCUT2D eigenvalue weighted by Gasteiger charge is -2.19. The largest absolute Gasteiger partial charge is 0.412 e. The lowest BCUT2D eigenvalue weighted by atomic mass is 10.2. The Bertz CT molecular complexity index is 235. The van der Waals surface area contributed by atoms with Gasteiger partial charge in [0.2, 0.25) is 0 Å². The monoisotopic (exact) mass is 213 g/mol. The molecule has 0 fully saturated rings. The van der Waals surface area contributed by atoms with Gasteiger partial charge in [-0.1, -0.05) is 30.3 Å². The van der Waals surface area contributed by atoms with Gasteiger partial charge in [-0.2, -0.15) is 0 Å². The molecule has 0 saturated carbocycles. The van der Waals surface area contributed by atoms with Gasteiger partial charge < -0.3 is 15.7 Å². The van der Waals surface area contributed by atoms with Crippen molar-refractivity contribution < 1.29 is 15.7 Å². The smallest absolute Gasteiger partial charge is 0.0558 e. The minimum absolute atomic E-state index is 0. The lowest BCUT2D eigenvalue weighted by molar-refractivity contribution is 0.156. The van der Waals surface area contributed by atoms with Gasteiger partial charge in [-0.15, -0.1) is 0 Å². The third kappa shape index (κ3) is 5.49. The maximum absolute atomic E-state index is 8.82. The van der Waals surface area contributed by atoms with Gasteiger partial charge in [0.25, 0.3) is 0 Å². The maximum Gasteiger partial charge on any atom is 0.0558 e. The molecule has 1 aromatic rings. The molecule has 0 aliphatic rings. The van der Waals surface area contributed by atoms with Crippen LogP contribution in [0.2, 0.25) is 0 Å². The van der Waals surface area contributed by atoms with E-state index in [1.807, 2.05) is 35.2 Å². The van der Waals surface area contributed by atoms with Crippen LogP contribution in [0.1, 0.15) is 5.56 Å². The summed E-state index contributed by atoms with van der Waals surface area (Å²) in [6.07, 6.45) is 0. The van der Waals surface area contributed by atoms with Crippen molar-refractivity contribution in [2.24, 2.45) is 0 Å². The van der Waals surface area contributed by atoms with E-state index in [0.29, 0.717) is 13.1 Å². The van der Waals surface area contributed by atoms with Crippen LogP contribution in [0, 0.1) is 0 Å². The summed E-state index contributed by atoms with van der Waals surface area (Å²) in [6, 6.07) is 10.0. The highest BCUT2D eigenvalue weighted by atomic mass is 16.3. The van der Waals surface area contributed by atoms with Crippen molar-refractivity contribution in [1.29, 1.82) is 0 Å². The molecule has 0 atom stereocenters. The molecule has 0 unspecified atom stereocenters. The summed E-state index contributed by atoms with van der Waals surface area (Å²) in [5.41, 5.74) is 1.20. The van der Waals surface area contributed by atoms with E-state index in [2.05, 4.69) is 0 Å². The molecule has 0 aromatic heterocycles. The van der Waals surface area contributed by atoms with Gasteiger partial charge in [0, 0.05) is 19.6 Å². The van der Waals surface area contributed by atoms with Gasteiger partial charge in [-0.05, 0) is 5.56 Å². The first-order valence-corrected chi connectivity index (χ1v) is 4.85. The standard InChI is InChI=1S/C11H17NO2.H2O/c13-8-6-12(7-9-14)10-11-4-2-1-3-5-11;/h1-5,13-14H,6-10H2;1H2. The molecule has 0 heterocycles. The Balaban J connectivity index is 0.00000196. The summed E-state index contributed by atoms with van der Waals surface area (Å²) in [6.45, 7) is 2.26. The third-order valence-corrected chi connectivity index (χ3v) is 2.08. The topological polar surface area (TPSA) is 75.2 Å². The van der Waals surface area contributed by atoms with Crippen molar-refractivity contribution in [3.63, 3.8) is 0 Å². The van der Waals surface area contributed by atoms with E-state index < -0.39 is 0 Å². The average molecular weight is 213 g/mol. The van der Waals surface area contributed by atoms with Gasteiger partial charge in [-0.3, -0.25) is 4.90 Å². The third-order valence-electron chi connectivity index (χ3n) is 2.08. The number of rotatable bonds is 6. The Morgan fingerprint density at radius 3 is 1.93 bits per heavy atom. The quantitative estimate of drug-likeness (QED) is 0.678. The predicted octanol–water partition coefficient (Wildman–Crippen LogP) is -0.352. The number of hydrogen-bond acceptors (Lipinski definition) is 3. The summed E-state index contributed by atoms with van der Waals surface area (Å²) in [5.74, 6) is 0. The zero-order chi connectivity index (χ0) is 10.2. The van der Waals surface area contributed by atoms with Crippen LogP contribution in [0.15, 0.2) is 30.3 Å². The second kappa shape index (κ2) is 8.38. The predicted molar refractivity (Wildman–Crippen MR) is 59.5 cm³/mol. The van der Waals surface area contributed by atoms with E-state index in [-0.39, 0.29) is 18.7 Å². The van der Waals surface area contributed by atoms with E-state index in [1.54, 1.807) is 0 Å². The van der Waals surface area contributed by atoms with Crippen LogP contribution in [0.4, 0.5) is 0 Å². The molecule has 0 amide bonds. The van der Waals surface area contributed by atoms with Crippen LogP contribution in [0.5, 0.6) is 0 Å². The van der Waals surface area contributed by atoms with Crippen LogP contribution in [-0.4, -0.2) is 46.9 Å². The summed E-state index contributed by atoms with van der Waals surface area (Å²) in [5, 5.41) is 17.6. The maximum atomic E-state index is 8.82. The summed E-state index contributed by atoms with van der Waals surface area (Å²) in [7, 11) is 0. The number of aliphatic hydroxyl groups excluding tert-OH is 2. The molecule has 0 spiro atoms. The van der Waals surface area contributed by atoms with Crippen molar-refractivity contribution in [2.75, 3.05) is 26.3 Å². The van der Waals surface area contributed by atoms with Crippen molar-refractivity contribution in [2.45, 2.75) is 6.54 Å². The first-order valence-electron chi connectivity index (χ1n) is 4.85. The Hall–Kier alpha value is -0.940. The highest BCUT2D eigenvalue weighted by molar-refractivity contribution is 5.14. The normalized spacial score (nSPS) is 10.1. The van der Waals surface area contributed by atoms with Gasteiger partial charge in [0.15, 0.2) is 0 Å². The van der Waals surface area contributed by atoms with Crippen molar-refractivity contribution in [3.05, 3.63) is 35.9 Å². The Morgan fingerprint density at radius 1 is 0.933 bits per heavy atom. The fourth-order valence-electron chi connectivity index (χ4n) is 1.39. The van der Waals surface area contributed by atoms with E-state index in [9.17, 15) is 0 Å². The second-order valence-electron chi connectivity index (χ2n) is 3.21. The van der Waals surface area contributed by atoms with E-state index in [1.165, 1.54) is 5.56 Å². The van der Waals surface area contributed by atoms with Crippen LogP contribution in [0.25, 0.3) is 0 Å². The summed E-state index contributed by atoms with van der Waals surface area (Å²) in [4.78, 5) is 2.02. The van der Waals surface area contributed by atoms with E-state index >= 15 is 0 Å². The van der Waals surface area contributed by atoms with Crippen molar-refractivity contribution in [3.8, 4) is 0 Å². The second-order valence-corrected chi connectivity index (χ2v) is 3.21. The highest BCUT2D eigenvalue weighted by Crippen LogP contribution is 2.03. The molecule has 86 valence electrons.